The van der Waals surface area contributed by atoms with Crippen molar-refractivity contribution in [2.45, 2.75) is 19.3 Å². The van der Waals surface area contributed by atoms with E-state index in [1.54, 1.807) is 48.5 Å². The van der Waals surface area contributed by atoms with Crippen molar-refractivity contribution in [3.63, 3.8) is 0 Å². The number of amides is 1. The molecule has 0 aromatic heterocycles. The van der Waals surface area contributed by atoms with Crippen LogP contribution in [0.5, 0.6) is 11.5 Å². The van der Waals surface area contributed by atoms with Crippen LogP contribution in [-0.4, -0.2) is 38.7 Å². The van der Waals surface area contributed by atoms with Gasteiger partial charge in [0.1, 0.15) is 5.75 Å². The molecule has 8 nitrogen and oxygen atoms in total. The Labute approximate surface area is 215 Å². The van der Waals surface area contributed by atoms with Crippen LogP contribution in [0.4, 0.5) is 5.69 Å². The van der Waals surface area contributed by atoms with Crippen molar-refractivity contribution in [2.24, 2.45) is 0 Å². The van der Waals surface area contributed by atoms with Gasteiger partial charge in [0.15, 0.2) is 5.75 Å². The van der Waals surface area contributed by atoms with E-state index in [0.717, 1.165) is 32.4 Å². The third-order valence-electron chi connectivity index (χ3n) is 5.28. The maximum atomic E-state index is 12.8. The Balaban J connectivity index is 1.56. The van der Waals surface area contributed by atoms with E-state index < -0.39 is 11.9 Å². The van der Waals surface area contributed by atoms with Gasteiger partial charge in [0.25, 0.3) is 5.91 Å². The van der Waals surface area contributed by atoms with Gasteiger partial charge in [-0.15, -0.1) is 0 Å². The molecule has 0 saturated heterocycles. The molecule has 0 aliphatic carbocycles. The number of hydrogen-bond acceptors (Lipinski definition) is 7. The first-order valence-corrected chi connectivity index (χ1v) is 11.7. The Morgan fingerprint density at radius 3 is 2.22 bits per heavy atom. The van der Waals surface area contributed by atoms with Crippen LogP contribution in [0.2, 0.25) is 0 Å². The summed E-state index contributed by atoms with van der Waals surface area (Å²) in [7, 11) is 2.33. The number of rotatable bonds is 12. The Kier molecular flexibility index (Phi) is 10.3. The molecule has 0 heterocycles. The molecule has 37 heavy (non-hydrogen) atoms. The van der Waals surface area contributed by atoms with E-state index in [1.807, 2.05) is 18.2 Å². The number of methoxy groups -OCH3 is 2. The highest BCUT2D eigenvalue weighted by atomic mass is 16.6. The molecule has 1 N–H and O–H groups in total. The van der Waals surface area contributed by atoms with Crippen LogP contribution >= 0.6 is 0 Å². The summed E-state index contributed by atoms with van der Waals surface area (Å²) < 4.78 is 20.6. The van der Waals surface area contributed by atoms with Crippen LogP contribution in [0.1, 0.15) is 28.8 Å². The van der Waals surface area contributed by atoms with Crippen molar-refractivity contribution in [1.29, 1.82) is 0 Å². The van der Waals surface area contributed by atoms with Crippen molar-refractivity contribution >= 4 is 23.5 Å². The molecule has 0 spiro atoms. The molecular weight excluding hydrogens is 474 g/mol. The van der Waals surface area contributed by atoms with Crippen LogP contribution in [0, 0.1) is 0 Å². The summed E-state index contributed by atoms with van der Waals surface area (Å²) in [5, 5.41) is 2.75. The normalized spacial score (nSPS) is 10.8. The van der Waals surface area contributed by atoms with Crippen LogP contribution < -0.4 is 14.8 Å². The number of aryl methyl sites for hydroxylation is 1. The Hall–Kier alpha value is -4.59. The number of benzene rings is 3. The fourth-order valence-corrected chi connectivity index (χ4v) is 3.34. The number of hydrogen-bond donors (Lipinski definition) is 1. The third kappa shape index (κ3) is 8.54. The summed E-state index contributed by atoms with van der Waals surface area (Å²) in [5.74, 6) is -1.62. The Morgan fingerprint density at radius 1 is 0.811 bits per heavy atom. The van der Waals surface area contributed by atoms with Crippen LogP contribution in [0.3, 0.4) is 0 Å². The summed E-state index contributed by atoms with van der Waals surface area (Å²) in [5.41, 5.74) is 2.02. The van der Waals surface area contributed by atoms with E-state index in [-0.39, 0.29) is 17.4 Å². The van der Waals surface area contributed by atoms with Crippen LogP contribution in [0.15, 0.2) is 90.7 Å². The number of unbranched alkanes of at least 4 members (excludes halogenated alkanes) is 1. The summed E-state index contributed by atoms with van der Waals surface area (Å²) in [6.07, 6.45) is 3.82. The molecule has 192 valence electrons. The minimum Gasteiger partial charge on any atom is -0.494 e. The lowest BCUT2D eigenvalue weighted by Crippen LogP contribution is -2.16. The van der Waals surface area contributed by atoms with E-state index >= 15 is 0 Å². The smallest absolute Gasteiger partial charge is 0.374 e. The van der Waals surface area contributed by atoms with Crippen LogP contribution in [-0.2, 0) is 25.5 Å². The number of carbonyl (C=O) groups is 3. The largest absolute Gasteiger partial charge is 0.494 e. The fourth-order valence-electron chi connectivity index (χ4n) is 3.34. The second-order valence-electron chi connectivity index (χ2n) is 7.89. The molecule has 0 fully saturated rings. The van der Waals surface area contributed by atoms with Crippen molar-refractivity contribution in [3.8, 4) is 11.5 Å². The highest BCUT2D eigenvalue weighted by Gasteiger charge is 2.18. The highest BCUT2D eigenvalue weighted by molar-refractivity contribution is 6.05. The first-order valence-electron chi connectivity index (χ1n) is 11.7. The Morgan fingerprint density at radius 2 is 1.51 bits per heavy atom. The average Bonchev–Trinajstić information content (AvgIpc) is 2.93. The molecule has 0 radical (unpaired) electrons. The fraction of sp³-hybridized carbons (Fsp3) is 0.207. The molecule has 1 amide bonds. The van der Waals surface area contributed by atoms with Gasteiger partial charge in [0.2, 0.25) is 5.76 Å². The number of carbonyl (C=O) groups excluding carboxylic acids is 3. The molecule has 0 aliphatic heterocycles. The SMILES string of the molecule is COC(=O)/C=C(/Oc1ccccc1NC(=O)c1ccc(OCCCCc2ccccc2)cc1)C(=O)OC. The standard InChI is InChI=1S/C29H29NO7/c1-34-27(31)20-26(29(33)35-2)37-25-14-7-6-13-24(25)30-28(32)22-15-17-23(18-16-22)36-19-9-8-12-21-10-4-3-5-11-21/h3-7,10-11,13-18,20H,8-9,12,19H2,1-2H3,(H,30,32)/b26-20+. The van der Waals surface area contributed by atoms with Gasteiger partial charge in [0.05, 0.1) is 32.6 Å². The van der Waals surface area contributed by atoms with Gasteiger partial charge >= 0.3 is 11.9 Å². The van der Waals surface area contributed by atoms with E-state index in [1.165, 1.54) is 12.7 Å². The van der Waals surface area contributed by atoms with Crippen molar-refractivity contribution < 1.29 is 33.3 Å². The van der Waals surface area contributed by atoms with E-state index in [0.29, 0.717) is 23.6 Å². The monoisotopic (exact) mass is 503 g/mol. The minimum absolute atomic E-state index is 0.145. The predicted molar refractivity (Wildman–Crippen MR) is 138 cm³/mol. The van der Waals surface area contributed by atoms with E-state index in [4.69, 9.17) is 9.47 Å². The first kappa shape index (κ1) is 27.0. The number of nitrogens with one attached hydrogen (secondary N) is 1. The maximum Gasteiger partial charge on any atom is 0.374 e. The lowest BCUT2D eigenvalue weighted by atomic mass is 10.1. The minimum atomic E-state index is -0.873. The molecule has 8 heteroatoms. The zero-order valence-corrected chi connectivity index (χ0v) is 20.8. The zero-order valence-electron chi connectivity index (χ0n) is 20.8. The number of para-hydroxylation sites is 2. The summed E-state index contributed by atoms with van der Waals surface area (Å²) in [6.45, 7) is 0.588. The second kappa shape index (κ2) is 14.1. The highest BCUT2D eigenvalue weighted by Crippen LogP contribution is 2.27. The second-order valence-corrected chi connectivity index (χ2v) is 7.89. The quantitative estimate of drug-likeness (QED) is 0.162. The first-order chi connectivity index (χ1) is 18.0. The van der Waals surface area contributed by atoms with Crippen LogP contribution in [0.25, 0.3) is 0 Å². The van der Waals surface area contributed by atoms with Crippen molar-refractivity contribution in [1.82, 2.24) is 0 Å². The van der Waals surface area contributed by atoms with Crippen molar-refractivity contribution in [3.05, 3.63) is 102 Å². The summed E-state index contributed by atoms with van der Waals surface area (Å²) in [4.78, 5) is 36.4. The van der Waals surface area contributed by atoms with Gasteiger partial charge in [-0.3, -0.25) is 4.79 Å². The number of ether oxygens (including phenoxy) is 4. The van der Waals surface area contributed by atoms with Gasteiger partial charge in [-0.2, -0.15) is 0 Å². The van der Waals surface area contributed by atoms with Gasteiger partial charge in [-0.05, 0) is 61.2 Å². The summed E-state index contributed by atoms with van der Waals surface area (Å²) in [6, 6.07) is 23.6. The molecule has 0 aliphatic rings. The third-order valence-corrected chi connectivity index (χ3v) is 5.28. The van der Waals surface area contributed by atoms with Gasteiger partial charge < -0.3 is 24.3 Å². The van der Waals surface area contributed by atoms with Gasteiger partial charge in [-0.25, -0.2) is 9.59 Å². The number of anilines is 1. The molecular formula is C29H29NO7. The van der Waals surface area contributed by atoms with E-state index in [9.17, 15) is 14.4 Å². The Bertz CT molecular complexity index is 1220. The molecule has 3 aromatic carbocycles. The molecule has 3 rings (SSSR count). The van der Waals surface area contributed by atoms with Gasteiger partial charge in [-0.1, -0.05) is 42.5 Å². The molecule has 3 aromatic rings. The number of esters is 2. The molecule has 0 saturated carbocycles. The average molecular weight is 504 g/mol. The van der Waals surface area contributed by atoms with Crippen molar-refractivity contribution in [2.75, 3.05) is 26.1 Å². The predicted octanol–water partition coefficient (Wildman–Crippen LogP) is 4.95. The maximum absolute atomic E-state index is 12.8. The molecule has 0 bridgehead atoms. The molecule has 0 unspecified atom stereocenters. The van der Waals surface area contributed by atoms with E-state index in [2.05, 4.69) is 26.9 Å². The summed E-state index contributed by atoms with van der Waals surface area (Å²) >= 11 is 0. The van der Waals surface area contributed by atoms with Gasteiger partial charge in [0, 0.05) is 5.56 Å². The lowest BCUT2D eigenvalue weighted by Gasteiger charge is -2.13. The lowest BCUT2D eigenvalue weighted by molar-refractivity contribution is -0.140. The zero-order chi connectivity index (χ0) is 26.5. The topological polar surface area (TPSA) is 100 Å². The molecule has 0 atom stereocenters.